The third-order valence-corrected chi connectivity index (χ3v) is 5.58. The minimum Gasteiger partial charge on any atom is -0.465 e. The maximum absolute atomic E-state index is 12.6. The van der Waals surface area contributed by atoms with Crippen molar-refractivity contribution in [1.29, 1.82) is 0 Å². The van der Waals surface area contributed by atoms with Crippen LogP contribution in [0.25, 0.3) is 10.2 Å². The fourth-order valence-electron chi connectivity index (χ4n) is 3.12. The van der Waals surface area contributed by atoms with Crippen molar-refractivity contribution < 1.29 is 23.8 Å². The lowest BCUT2D eigenvalue weighted by molar-refractivity contribution is -0.174. The Hall–Kier alpha value is -2.30. The first kappa shape index (κ1) is 21.4. The van der Waals surface area contributed by atoms with Crippen LogP contribution in [0.4, 0.5) is 0 Å². The van der Waals surface area contributed by atoms with Gasteiger partial charge in [0.05, 0.1) is 25.6 Å². The van der Waals surface area contributed by atoms with Gasteiger partial charge in [-0.25, -0.2) is 14.6 Å². The molecule has 1 aliphatic heterocycles. The molecule has 0 aliphatic carbocycles. The summed E-state index contributed by atoms with van der Waals surface area (Å²) in [6.45, 7) is 8.78. The molecule has 2 aromatic rings. The molecule has 3 rings (SSSR count). The third-order valence-electron chi connectivity index (χ3n) is 4.41. The van der Waals surface area contributed by atoms with Crippen LogP contribution in [0.2, 0.25) is 0 Å². The molecular formula is C19H25N3O6S. The van der Waals surface area contributed by atoms with Crippen molar-refractivity contribution in [2.45, 2.75) is 45.9 Å². The van der Waals surface area contributed by atoms with Gasteiger partial charge in [-0.3, -0.25) is 9.69 Å². The van der Waals surface area contributed by atoms with E-state index in [9.17, 15) is 14.4 Å². The summed E-state index contributed by atoms with van der Waals surface area (Å²) in [6, 6.07) is 0. The van der Waals surface area contributed by atoms with Gasteiger partial charge < -0.3 is 19.2 Å². The van der Waals surface area contributed by atoms with Crippen LogP contribution < -0.4 is 5.56 Å². The molecule has 10 heteroatoms. The van der Waals surface area contributed by atoms with Crippen LogP contribution in [0.15, 0.2) is 4.79 Å². The second kappa shape index (κ2) is 8.21. The Morgan fingerprint density at radius 1 is 1.38 bits per heavy atom. The number of ether oxygens (including phenoxy) is 3. The van der Waals surface area contributed by atoms with E-state index in [2.05, 4.69) is 9.97 Å². The van der Waals surface area contributed by atoms with E-state index in [1.165, 1.54) is 7.11 Å². The summed E-state index contributed by atoms with van der Waals surface area (Å²) in [6.07, 6.45) is -0.687. The predicted octanol–water partition coefficient (Wildman–Crippen LogP) is 1.62. The molecule has 0 spiro atoms. The summed E-state index contributed by atoms with van der Waals surface area (Å²) >= 11 is 1.14. The van der Waals surface area contributed by atoms with Crippen LogP contribution in [0.1, 0.15) is 41.8 Å². The molecule has 9 nitrogen and oxygen atoms in total. The molecule has 1 N–H and O–H groups in total. The highest BCUT2D eigenvalue weighted by molar-refractivity contribution is 7.20. The number of morpholine rings is 1. The lowest BCUT2D eigenvalue weighted by Gasteiger charge is -2.32. The van der Waals surface area contributed by atoms with Gasteiger partial charge in [0, 0.05) is 13.1 Å². The van der Waals surface area contributed by atoms with Crippen molar-refractivity contribution in [3.8, 4) is 0 Å². The number of aromatic amines is 1. The Labute approximate surface area is 172 Å². The lowest BCUT2D eigenvalue weighted by atomic mass is 10.2. The maximum Gasteiger partial charge on any atom is 0.348 e. The fourth-order valence-corrected chi connectivity index (χ4v) is 4.24. The predicted molar refractivity (Wildman–Crippen MR) is 107 cm³/mol. The average Bonchev–Trinajstić information content (AvgIpc) is 2.97. The SMILES string of the molecule is COC(=O)c1sc2nc(CN3CCOC(C(=O)OC(C)(C)C)C3)[nH]c(=O)c2c1C. The van der Waals surface area contributed by atoms with E-state index in [4.69, 9.17) is 14.2 Å². The molecule has 1 aliphatic rings. The molecule has 3 heterocycles. The number of aryl methyl sites for hydroxylation is 1. The van der Waals surface area contributed by atoms with Gasteiger partial charge in [0.2, 0.25) is 0 Å². The minimum absolute atomic E-state index is 0.300. The normalized spacial score (nSPS) is 18.0. The Balaban J connectivity index is 1.78. The van der Waals surface area contributed by atoms with Gasteiger partial charge >= 0.3 is 11.9 Å². The van der Waals surface area contributed by atoms with Crippen molar-refractivity contribution in [1.82, 2.24) is 14.9 Å². The first-order valence-corrected chi connectivity index (χ1v) is 10.1. The first-order chi connectivity index (χ1) is 13.6. The molecule has 158 valence electrons. The van der Waals surface area contributed by atoms with Crippen molar-refractivity contribution >= 4 is 33.5 Å². The van der Waals surface area contributed by atoms with Crippen LogP contribution in [0.3, 0.4) is 0 Å². The van der Waals surface area contributed by atoms with Crippen LogP contribution >= 0.6 is 11.3 Å². The van der Waals surface area contributed by atoms with Gasteiger partial charge in [-0.05, 0) is 33.3 Å². The van der Waals surface area contributed by atoms with E-state index in [0.717, 1.165) is 11.3 Å². The highest BCUT2D eigenvalue weighted by atomic mass is 32.1. The number of aromatic nitrogens is 2. The zero-order valence-electron chi connectivity index (χ0n) is 17.2. The molecule has 1 fully saturated rings. The number of methoxy groups -OCH3 is 1. The molecule has 2 aromatic heterocycles. The molecule has 0 aromatic carbocycles. The topological polar surface area (TPSA) is 111 Å². The van der Waals surface area contributed by atoms with Crippen molar-refractivity contribution in [2.75, 3.05) is 26.8 Å². The highest BCUT2D eigenvalue weighted by Crippen LogP contribution is 2.27. The second-order valence-corrected chi connectivity index (χ2v) is 8.87. The summed E-state index contributed by atoms with van der Waals surface area (Å²) < 4.78 is 15.7. The molecular weight excluding hydrogens is 398 g/mol. The van der Waals surface area contributed by atoms with Crippen LogP contribution in [0, 0.1) is 6.92 Å². The Morgan fingerprint density at radius 3 is 2.76 bits per heavy atom. The zero-order valence-corrected chi connectivity index (χ0v) is 18.0. The van der Waals surface area contributed by atoms with Crippen molar-refractivity contribution in [3.63, 3.8) is 0 Å². The summed E-state index contributed by atoms with van der Waals surface area (Å²) in [4.78, 5) is 46.9. The van der Waals surface area contributed by atoms with Gasteiger partial charge in [0.15, 0.2) is 6.10 Å². The Kier molecular flexibility index (Phi) is 6.06. The van der Waals surface area contributed by atoms with Gasteiger partial charge in [0.25, 0.3) is 5.56 Å². The lowest BCUT2D eigenvalue weighted by Crippen LogP contribution is -2.47. The molecule has 1 saturated heterocycles. The largest absolute Gasteiger partial charge is 0.465 e. The van der Waals surface area contributed by atoms with Crippen LogP contribution in [-0.2, 0) is 25.5 Å². The molecule has 1 atom stereocenters. The molecule has 29 heavy (non-hydrogen) atoms. The average molecular weight is 423 g/mol. The van der Waals surface area contributed by atoms with Gasteiger partial charge in [-0.15, -0.1) is 11.3 Å². The minimum atomic E-state index is -0.687. The molecule has 1 unspecified atom stereocenters. The second-order valence-electron chi connectivity index (χ2n) is 7.87. The van der Waals surface area contributed by atoms with E-state index in [1.54, 1.807) is 27.7 Å². The number of fused-ring (bicyclic) bond motifs is 1. The number of H-pyrrole nitrogens is 1. The van der Waals surface area contributed by atoms with E-state index in [1.807, 2.05) is 4.90 Å². The van der Waals surface area contributed by atoms with E-state index in [0.29, 0.717) is 52.7 Å². The number of rotatable bonds is 4. The standard InChI is InChI=1S/C19H25N3O6S/c1-10-13-15(23)20-12(21-16(13)29-14(10)18(25)26-5)9-22-6-7-27-11(8-22)17(24)28-19(2,3)4/h11H,6-9H2,1-5H3,(H,20,21,23). The number of hydrogen-bond acceptors (Lipinski definition) is 9. The van der Waals surface area contributed by atoms with E-state index < -0.39 is 23.6 Å². The number of hydrogen-bond donors (Lipinski definition) is 1. The first-order valence-electron chi connectivity index (χ1n) is 9.26. The summed E-state index contributed by atoms with van der Waals surface area (Å²) in [5.41, 5.74) is -0.325. The molecule has 0 amide bonds. The maximum atomic E-state index is 12.6. The summed E-state index contributed by atoms with van der Waals surface area (Å²) in [5, 5.41) is 0.396. The molecule has 0 saturated carbocycles. The van der Waals surface area contributed by atoms with Crippen LogP contribution in [-0.4, -0.2) is 65.3 Å². The number of carbonyl (C=O) groups excluding carboxylic acids is 2. The van der Waals surface area contributed by atoms with Gasteiger partial charge in [0.1, 0.15) is 21.1 Å². The number of nitrogens with one attached hydrogen (secondary N) is 1. The fraction of sp³-hybridized carbons (Fsp3) is 0.579. The Morgan fingerprint density at radius 2 is 2.10 bits per heavy atom. The third kappa shape index (κ3) is 4.82. The smallest absolute Gasteiger partial charge is 0.348 e. The quantitative estimate of drug-likeness (QED) is 0.739. The summed E-state index contributed by atoms with van der Waals surface area (Å²) in [7, 11) is 1.30. The summed E-state index contributed by atoms with van der Waals surface area (Å²) in [5.74, 6) is -0.430. The number of thiophene rings is 1. The van der Waals surface area contributed by atoms with Gasteiger partial charge in [-0.1, -0.05) is 0 Å². The monoisotopic (exact) mass is 423 g/mol. The van der Waals surface area contributed by atoms with Crippen LogP contribution in [0.5, 0.6) is 0 Å². The number of carbonyl (C=O) groups is 2. The highest BCUT2D eigenvalue weighted by Gasteiger charge is 2.31. The number of esters is 2. The van der Waals surface area contributed by atoms with Crippen molar-refractivity contribution in [3.05, 3.63) is 26.6 Å². The zero-order chi connectivity index (χ0) is 21.3. The van der Waals surface area contributed by atoms with Gasteiger partial charge in [-0.2, -0.15) is 0 Å². The molecule has 0 bridgehead atoms. The van der Waals surface area contributed by atoms with E-state index in [-0.39, 0.29) is 5.56 Å². The van der Waals surface area contributed by atoms with E-state index >= 15 is 0 Å². The van der Waals surface area contributed by atoms with Crippen molar-refractivity contribution in [2.24, 2.45) is 0 Å². The molecule has 0 radical (unpaired) electrons. The number of nitrogens with zero attached hydrogens (tertiary/aromatic N) is 2. The Bertz CT molecular complexity index is 990.